The van der Waals surface area contributed by atoms with Crippen LogP contribution in [0.15, 0.2) is 36.9 Å². The van der Waals surface area contributed by atoms with E-state index in [1.807, 2.05) is 24.2 Å². The SMILES string of the molecule is Cn1cc(-c2cnc3cnc(NC(=O)N4CN5CCC[C@@H]5C4=O)cc3c2)cn1. The Labute approximate surface area is 161 Å². The van der Waals surface area contributed by atoms with Crippen molar-refractivity contribution in [3.63, 3.8) is 0 Å². The molecule has 9 heteroatoms. The number of urea groups is 1. The number of fused-ring (bicyclic) bond motifs is 2. The number of nitrogens with one attached hydrogen (secondary N) is 1. The van der Waals surface area contributed by atoms with Gasteiger partial charge in [-0.15, -0.1) is 0 Å². The number of anilines is 1. The van der Waals surface area contributed by atoms with Crippen molar-refractivity contribution in [2.45, 2.75) is 18.9 Å². The first-order valence-electron chi connectivity index (χ1n) is 9.20. The largest absolute Gasteiger partial charge is 0.330 e. The monoisotopic (exact) mass is 377 g/mol. The number of amides is 3. The first-order chi connectivity index (χ1) is 13.6. The molecule has 5 heterocycles. The lowest BCUT2D eigenvalue weighted by Crippen LogP contribution is -2.38. The van der Waals surface area contributed by atoms with Crippen molar-refractivity contribution >= 4 is 28.7 Å². The number of carbonyl (C=O) groups is 2. The van der Waals surface area contributed by atoms with E-state index in [1.165, 1.54) is 4.90 Å². The lowest BCUT2D eigenvalue weighted by atomic mass is 10.1. The van der Waals surface area contributed by atoms with Gasteiger partial charge in [0.1, 0.15) is 5.82 Å². The molecule has 2 saturated heterocycles. The van der Waals surface area contributed by atoms with Crippen molar-refractivity contribution in [3.05, 3.63) is 36.9 Å². The van der Waals surface area contributed by atoms with Gasteiger partial charge < -0.3 is 0 Å². The van der Waals surface area contributed by atoms with Crippen LogP contribution >= 0.6 is 0 Å². The number of imide groups is 1. The Hall–Kier alpha value is -3.33. The number of hydrogen-bond acceptors (Lipinski definition) is 6. The summed E-state index contributed by atoms with van der Waals surface area (Å²) in [4.78, 5) is 37.0. The average Bonchev–Trinajstić information content (AvgIpc) is 3.39. The fourth-order valence-corrected chi connectivity index (χ4v) is 3.88. The van der Waals surface area contributed by atoms with E-state index < -0.39 is 6.03 Å². The smallest absolute Gasteiger partial charge is 0.292 e. The number of aryl methyl sites for hydroxylation is 1. The summed E-state index contributed by atoms with van der Waals surface area (Å²) in [6.07, 6.45) is 8.90. The third-order valence-electron chi connectivity index (χ3n) is 5.32. The van der Waals surface area contributed by atoms with Crippen molar-refractivity contribution < 1.29 is 9.59 Å². The molecule has 0 aromatic carbocycles. The normalized spacial score (nSPS) is 19.4. The molecule has 0 radical (unpaired) electrons. The maximum absolute atomic E-state index is 12.6. The van der Waals surface area contributed by atoms with Crippen LogP contribution in [0.1, 0.15) is 12.8 Å². The second kappa shape index (κ2) is 6.38. The summed E-state index contributed by atoms with van der Waals surface area (Å²) in [7, 11) is 1.86. The molecule has 1 atom stereocenters. The van der Waals surface area contributed by atoms with Gasteiger partial charge in [0.2, 0.25) is 5.91 Å². The van der Waals surface area contributed by atoms with Crippen LogP contribution in [-0.4, -0.2) is 60.7 Å². The van der Waals surface area contributed by atoms with Crippen molar-refractivity contribution in [1.29, 1.82) is 0 Å². The second-order valence-corrected chi connectivity index (χ2v) is 7.20. The van der Waals surface area contributed by atoms with Crippen LogP contribution in [-0.2, 0) is 11.8 Å². The molecule has 0 bridgehead atoms. The standard InChI is InChI=1S/C19H19N7O2/c1-24-10-14(8-22-24)13-5-12-6-17(21-9-15(12)20-7-13)23-19(28)26-11-25-4-2-3-16(25)18(26)27/h5-10,16H,2-4,11H2,1H3,(H,21,23,28)/t16-/m1/s1. The molecule has 142 valence electrons. The molecule has 2 fully saturated rings. The number of carbonyl (C=O) groups excluding carboxylic acids is 2. The van der Waals surface area contributed by atoms with E-state index in [-0.39, 0.29) is 11.9 Å². The van der Waals surface area contributed by atoms with Crippen LogP contribution in [0.5, 0.6) is 0 Å². The Morgan fingerprint density at radius 1 is 1.18 bits per heavy atom. The van der Waals surface area contributed by atoms with Crippen molar-refractivity contribution in [2.24, 2.45) is 7.05 Å². The van der Waals surface area contributed by atoms with Crippen molar-refractivity contribution in [2.75, 3.05) is 18.5 Å². The van der Waals surface area contributed by atoms with Crippen LogP contribution in [0.25, 0.3) is 22.0 Å². The Kier molecular flexibility index (Phi) is 3.83. The summed E-state index contributed by atoms with van der Waals surface area (Å²) in [5, 5.41) is 7.77. The average molecular weight is 377 g/mol. The predicted molar refractivity (Wildman–Crippen MR) is 102 cm³/mol. The number of aromatic nitrogens is 4. The Morgan fingerprint density at radius 3 is 2.86 bits per heavy atom. The third-order valence-corrected chi connectivity index (χ3v) is 5.32. The predicted octanol–water partition coefficient (Wildman–Crippen LogP) is 1.83. The highest BCUT2D eigenvalue weighted by atomic mass is 16.2. The highest BCUT2D eigenvalue weighted by molar-refractivity contribution is 6.04. The fraction of sp³-hybridized carbons (Fsp3) is 0.316. The third kappa shape index (κ3) is 2.80. The van der Waals surface area contributed by atoms with Crippen LogP contribution in [0.2, 0.25) is 0 Å². The zero-order valence-electron chi connectivity index (χ0n) is 15.4. The maximum Gasteiger partial charge on any atom is 0.330 e. The number of nitrogens with zero attached hydrogens (tertiary/aromatic N) is 6. The lowest BCUT2D eigenvalue weighted by Gasteiger charge is -2.16. The van der Waals surface area contributed by atoms with Gasteiger partial charge in [-0.2, -0.15) is 5.10 Å². The minimum absolute atomic E-state index is 0.128. The summed E-state index contributed by atoms with van der Waals surface area (Å²) in [6.45, 7) is 1.20. The van der Waals surface area contributed by atoms with Gasteiger partial charge in [0.25, 0.3) is 0 Å². The van der Waals surface area contributed by atoms with E-state index in [2.05, 4.69) is 20.4 Å². The summed E-state index contributed by atoms with van der Waals surface area (Å²) >= 11 is 0. The molecule has 3 aromatic heterocycles. The van der Waals surface area contributed by atoms with Gasteiger partial charge in [-0.05, 0) is 25.0 Å². The first kappa shape index (κ1) is 16.8. The highest BCUT2D eigenvalue weighted by Crippen LogP contribution is 2.27. The van der Waals surface area contributed by atoms with E-state index in [1.54, 1.807) is 29.3 Å². The van der Waals surface area contributed by atoms with Gasteiger partial charge >= 0.3 is 6.03 Å². The molecule has 0 saturated carbocycles. The molecule has 3 aromatic rings. The molecule has 1 N–H and O–H groups in total. The number of pyridine rings is 2. The zero-order chi connectivity index (χ0) is 19.3. The Morgan fingerprint density at radius 2 is 2.07 bits per heavy atom. The molecule has 0 spiro atoms. The summed E-state index contributed by atoms with van der Waals surface area (Å²) in [5.74, 6) is 0.263. The van der Waals surface area contributed by atoms with E-state index in [0.717, 1.165) is 41.4 Å². The quantitative estimate of drug-likeness (QED) is 0.732. The van der Waals surface area contributed by atoms with Crippen LogP contribution in [0, 0.1) is 0 Å². The van der Waals surface area contributed by atoms with Crippen LogP contribution < -0.4 is 5.32 Å². The molecular formula is C19H19N7O2. The number of rotatable bonds is 2. The molecule has 9 nitrogen and oxygen atoms in total. The molecule has 0 unspecified atom stereocenters. The van der Waals surface area contributed by atoms with Crippen molar-refractivity contribution in [3.8, 4) is 11.1 Å². The van der Waals surface area contributed by atoms with Crippen LogP contribution in [0.3, 0.4) is 0 Å². The topological polar surface area (TPSA) is 96.3 Å². The molecule has 28 heavy (non-hydrogen) atoms. The van der Waals surface area contributed by atoms with Gasteiger partial charge in [0.15, 0.2) is 0 Å². The molecule has 3 amide bonds. The van der Waals surface area contributed by atoms with E-state index in [9.17, 15) is 9.59 Å². The van der Waals surface area contributed by atoms with Gasteiger partial charge in [0.05, 0.1) is 30.6 Å². The van der Waals surface area contributed by atoms with Gasteiger partial charge in [-0.1, -0.05) is 0 Å². The van der Waals surface area contributed by atoms with Crippen LogP contribution in [0.4, 0.5) is 10.6 Å². The summed E-state index contributed by atoms with van der Waals surface area (Å²) in [6, 6.07) is 3.15. The molecule has 5 rings (SSSR count). The van der Waals surface area contributed by atoms with Crippen molar-refractivity contribution in [1.82, 2.24) is 29.5 Å². The maximum atomic E-state index is 12.6. The first-order valence-corrected chi connectivity index (χ1v) is 9.20. The van der Waals surface area contributed by atoms with E-state index in [0.29, 0.717) is 12.5 Å². The summed E-state index contributed by atoms with van der Waals surface area (Å²) < 4.78 is 1.73. The van der Waals surface area contributed by atoms with Gasteiger partial charge in [-0.3, -0.25) is 24.7 Å². The molecule has 2 aliphatic heterocycles. The summed E-state index contributed by atoms with van der Waals surface area (Å²) in [5.41, 5.74) is 2.62. The van der Waals surface area contributed by atoms with Gasteiger partial charge in [-0.25, -0.2) is 14.7 Å². The Bertz CT molecular complexity index is 1090. The number of hydrogen-bond donors (Lipinski definition) is 1. The molecule has 0 aliphatic carbocycles. The molecular weight excluding hydrogens is 358 g/mol. The second-order valence-electron chi connectivity index (χ2n) is 7.20. The fourth-order valence-electron chi connectivity index (χ4n) is 3.88. The minimum Gasteiger partial charge on any atom is -0.292 e. The Balaban J connectivity index is 1.38. The van der Waals surface area contributed by atoms with Gasteiger partial charge in [0, 0.05) is 42.5 Å². The molecule has 2 aliphatic rings. The van der Waals surface area contributed by atoms with E-state index in [4.69, 9.17) is 0 Å². The zero-order valence-corrected chi connectivity index (χ0v) is 15.4. The minimum atomic E-state index is -0.442. The highest BCUT2D eigenvalue weighted by Gasteiger charge is 2.43. The lowest BCUT2D eigenvalue weighted by molar-refractivity contribution is -0.126. The van der Waals surface area contributed by atoms with E-state index >= 15 is 0 Å².